The summed E-state index contributed by atoms with van der Waals surface area (Å²) in [5.74, 6) is 2.95. The molecule has 0 saturated heterocycles. The van der Waals surface area contributed by atoms with Gasteiger partial charge in [0.05, 0.1) is 33.1 Å². The maximum absolute atomic E-state index is 7.14. The van der Waals surface area contributed by atoms with Gasteiger partial charge in [0.25, 0.3) is 6.71 Å². The van der Waals surface area contributed by atoms with Crippen molar-refractivity contribution < 1.29 is 4.74 Å². The highest BCUT2D eigenvalue weighted by atomic mass is 16.5. The van der Waals surface area contributed by atoms with Gasteiger partial charge in [-0.1, -0.05) is 174 Å². The minimum Gasteiger partial charge on any atom is -0.458 e. The van der Waals surface area contributed by atoms with E-state index in [2.05, 4.69) is 243 Å². The standard InChI is InChI=1S/C63H52BN3O/c1-38(2)41-35-48(39(3)4)60(49(36-41)40(5)6)64-50-28-16-20-32-55(50)68-56-37-44(33-34-51(56)64)67-54-31-19-15-27-47(54)59-62-57(45-25-13-17-29-52(45)65(62)42-21-9-7-10-22-42)61-58(63(59)67)46-26-14-18-30-53(46)66(61)43-23-11-8-12-24-43/h7-40H,1-6H3. The lowest BCUT2D eigenvalue weighted by Crippen LogP contribution is -2.57. The number of hydrogen-bond acceptors (Lipinski definition) is 1. The van der Waals surface area contributed by atoms with E-state index in [4.69, 9.17) is 4.74 Å². The van der Waals surface area contributed by atoms with E-state index < -0.39 is 0 Å². The molecule has 1 aliphatic heterocycles. The molecule has 0 atom stereocenters. The first kappa shape index (κ1) is 40.5. The number of para-hydroxylation sites is 6. The lowest BCUT2D eigenvalue weighted by Gasteiger charge is -2.32. The Morgan fingerprint density at radius 1 is 0.368 bits per heavy atom. The molecule has 4 heterocycles. The summed E-state index contributed by atoms with van der Waals surface area (Å²) in [5, 5.41) is 7.36. The zero-order valence-electron chi connectivity index (χ0n) is 39.5. The Morgan fingerprint density at radius 2 is 0.779 bits per heavy atom. The molecule has 5 heteroatoms. The van der Waals surface area contributed by atoms with Gasteiger partial charge in [0.2, 0.25) is 0 Å². The quantitative estimate of drug-likeness (QED) is 0.146. The number of hydrogen-bond donors (Lipinski definition) is 0. The zero-order valence-corrected chi connectivity index (χ0v) is 39.5. The van der Waals surface area contributed by atoms with Crippen LogP contribution in [-0.2, 0) is 0 Å². The van der Waals surface area contributed by atoms with Crippen LogP contribution in [0.15, 0.2) is 188 Å². The summed E-state index contributed by atoms with van der Waals surface area (Å²) in [6.07, 6.45) is 0. The molecule has 0 amide bonds. The second-order valence-corrected chi connectivity index (χ2v) is 19.8. The third-order valence-electron chi connectivity index (χ3n) is 14.8. The van der Waals surface area contributed by atoms with E-state index in [9.17, 15) is 0 Å². The second kappa shape index (κ2) is 15.4. The van der Waals surface area contributed by atoms with Crippen LogP contribution in [0.3, 0.4) is 0 Å². The maximum Gasteiger partial charge on any atom is 0.251 e. The number of nitrogens with zero attached hydrogens (tertiary/aromatic N) is 3. The van der Waals surface area contributed by atoms with Crippen molar-refractivity contribution in [2.24, 2.45) is 0 Å². The van der Waals surface area contributed by atoms with Crippen LogP contribution in [0.5, 0.6) is 11.5 Å². The summed E-state index contributed by atoms with van der Waals surface area (Å²) in [7, 11) is 0. The van der Waals surface area contributed by atoms with Gasteiger partial charge in [-0.3, -0.25) is 0 Å². The van der Waals surface area contributed by atoms with Crippen molar-refractivity contribution >= 4 is 88.5 Å². The summed E-state index contributed by atoms with van der Waals surface area (Å²) in [6, 6.07) is 69.6. The van der Waals surface area contributed by atoms with Crippen molar-refractivity contribution in [2.75, 3.05) is 0 Å². The van der Waals surface area contributed by atoms with Crippen molar-refractivity contribution in [2.45, 2.75) is 59.3 Å². The van der Waals surface area contributed by atoms with E-state index in [-0.39, 0.29) is 6.71 Å². The smallest absolute Gasteiger partial charge is 0.251 e. The zero-order chi connectivity index (χ0) is 45.9. The number of rotatable bonds is 7. The van der Waals surface area contributed by atoms with Gasteiger partial charge in [-0.05, 0) is 100.0 Å². The summed E-state index contributed by atoms with van der Waals surface area (Å²) in [6.45, 7) is 14.1. The van der Waals surface area contributed by atoms with Crippen LogP contribution in [0.1, 0.15) is 76.0 Å². The molecule has 3 aromatic heterocycles. The highest BCUT2D eigenvalue weighted by molar-refractivity contribution is 6.97. The van der Waals surface area contributed by atoms with Crippen LogP contribution < -0.4 is 21.1 Å². The lowest BCUT2D eigenvalue weighted by molar-refractivity contribution is 0.487. The molecule has 0 radical (unpaired) electrons. The number of fused-ring (bicyclic) bond motifs is 14. The van der Waals surface area contributed by atoms with E-state index in [1.54, 1.807) is 0 Å². The molecule has 0 saturated carbocycles. The molecule has 0 fully saturated rings. The number of benzene rings is 9. The maximum atomic E-state index is 7.14. The van der Waals surface area contributed by atoms with E-state index in [1.807, 2.05) is 0 Å². The van der Waals surface area contributed by atoms with Crippen LogP contribution in [-0.4, -0.2) is 20.4 Å². The topological polar surface area (TPSA) is 24.0 Å². The predicted molar refractivity (Wildman–Crippen MR) is 289 cm³/mol. The van der Waals surface area contributed by atoms with Gasteiger partial charge in [-0.25, -0.2) is 0 Å². The number of ether oxygens (including phenoxy) is 1. The Labute approximate surface area is 397 Å². The summed E-state index contributed by atoms with van der Waals surface area (Å²) in [4.78, 5) is 0. The molecule has 328 valence electrons. The molecule has 0 unspecified atom stereocenters. The van der Waals surface area contributed by atoms with Crippen LogP contribution in [0.25, 0.3) is 82.5 Å². The fourth-order valence-corrected chi connectivity index (χ4v) is 11.9. The van der Waals surface area contributed by atoms with E-state index >= 15 is 0 Å². The monoisotopic (exact) mass is 877 g/mol. The number of aromatic nitrogens is 3. The van der Waals surface area contributed by atoms with Crippen molar-refractivity contribution in [3.63, 3.8) is 0 Å². The lowest BCUT2D eigenvalue weighted by atomic mass is 9.34. The average molecular weight is 878 g/mol. The van der Waals surface area contributed by atoms with Gasteiger partial charge in [0, 0.05) is 55.4 Å². The highest BCUT2D eigenvalue weighted by Gasteiger charge is 2.37. The van der Waals surface area contributed by atoms with Gasteiger partial charge in [0.1, 0.15) is 11.5 Å². The Bertz CT molecular complexity index is 3880. The predicted octanol–water partition coefficient (Wildman–Crippen LogP) is 15.0. The minimum atomic E-state index is 0.00919. The third kappa shape index (κ3) is 5.81. The molecule has 0 bridgehead atoms. The van der Waals surface area contributed by atoms with Gasteiger partial charge in [-0.2, -0.15) is 0 Å². The van der Waals surface area contributed by atoms with Crippen molar-refractivity contribution in [3.05, 3.63) is 205 Å². The minimum absolute atomic E-state index is 0.00919. The second-order valence-electron chi connectivity index (χ2n) is 19.8. The molecule has 13 rings (SSSR count). The molecule has 0 aliphatic carbocycles. The van der Waals surface area contributed by atoms with Gasteiger partial charge in [-0.15, -0.1) is 0 Å². The van der Waals surface area contributed by atoms with Crippen molar-refractivity contribution in [3.8, 4) is 28.6 Å². The molecule has 12 aromatic rings. The van der Waals surface area contributed by atoms with Crippen LogP contribution >= 0.6 is 0 Å². The molecular weight excluding hydrogens is 826 g/mol. The fourth-order valence-electron chi connectivity index (χ4n) is 11.9. The van der Waals surface area contributed by atoms with Crippen LogP contribution in [0.4, 0.5) is 0 Å². The highest BCUT2D eigenvalue weighted by Crippen LogP contribution is 2.50. The first-order chi connectivity index (χ1) is 33.3. The normalized spacial score (nSPS) is 12.8. The molecular formula is C63H52BN3O. The van der Waals surface area contributed by atoms with Gasteiger partial charge in [0.15, 0.2) is 0 Å². The van der Waals surface area contributed by atoms with Gasteiger partial charge >= 0.3 is 0 Å². The Hall–Kier alpha value is -7.76. The van der Waals surface area contributed by atoms with E-state index in [0.717, 1.165) is 34.1 Å². The summed E-state index contributed by atoms with van der Waals surface area (Å²) in [5.41, 5.74) is 18.5. The first-order valence-electron chi connectivity index (χ1n) is 24.4. The molecule has 9 aromatic carbocycles. The van der Waals surface area contributed by atoms with E-state index in [1.165, 1.54) is 93.0 Å². The van der Waals surface area contributed by atoms with Crippen molar-refractivity contribution in [1.82, 2.24) is 13.7 Å². The average Bonchev–Trinajstić information content (AvgIpc) is 4.01. The van der Waals surface area contributed by atoms with E-state index in [0.29, 0.717) is 17.8 Å². The summed E-state index contributed by atoms with van der Waals surface area (Å²) >= 11 is 0. The summed E-state index contributed by atoms with van der Waals surface area (Å²) < 4.78 is 14.7. The Morgan fingerprint density at radius 3 is 1.25 bits per heavy atom. The van der Waals surface area contributed by atoms with Crippen molar-refractivity contribution in [1.29, 1.82) is 0 Å². The molecule has 1 aliphatic rings. The fraction of sp³-hybridized carbons (Fsp3) is 0.143. The molecule has 0 N–H and O–H groups in total. The molecule has 68 heavy (non-hydrogen) atoms. The molecule has 0 spiro atoms. The Balaban J connectivity index is 1.19. The van der Waals surface area contributed by atoms with Crippen LogP contribution in [0.2, 0.25) is 0 Å². The third-order valence-corrected chi connectivity index (χ3v) is 14.8. The molecule has 4 nitrogen and oxygen atoms in total. The largest absolute Gasteiger partial charge is 0.458 e. The van der Waals surface area contributed by atoms with Gasteiger partial charge < -0.3 is 18.4 Å². The first-order valence-corrected chi connectivity index (χ1v) is 24.4. The SMILES string of the molecule is CC(C)c1cc(C(C)C)c(B2c3ccccc3Oc3cc(-n4c5ccccc5c5c6c(c7ccccc7n6-c6ccccc6)c6c(c7ccccc7n6-c6ccccc6)c54)ccc32)c(C(C)C)c1. The van der Waals surface area contributed by atoms with Crippen LogP contribution in [0, 0.1) is 0 Å². The Kier molecular flexibility index (Phi) is 9.17.